The van der Waals surface area contributed by atoms with Crippen LogP contribution in [0.5, 0.6) is 0 Å². The van der Waals surface area contributed by atoms with Gasteiger partial charge < -0.3 is 0 Å². The third kappa shape index (κ3) is 2.85. The molecule has 1 aromatic rings. The number of carbonyl (C=O) groups is 1. The molecule has 3 heteroatoms. The molecule has 0 saturated carbocycles. The topological polar surface area (TPSA) is 17.1 Å². The molecule has 1 heterocycles. The van der Waals surface area contributed by atoms with E-state index in [1.54, 1.807) is 18.2 Å². The van der Waals surface area contributed by atoms with Crippen LogP contribution in [-0.4, -0.2) is 17.3 Å². The quantitative estimate of drug-likeness (QED) is 0.749. The van der Waals surface area contributed by atoms with Crippen molar-refractivity contribution < 1.29 is 9.18 Å². The summed E-state index contributed by atoms with van der Waals surface area (Å²) in [5.74, 6) is 2.28. The first-order valence-corrected chi connectivity index (χ1v) is 6.78. The lowest BCUT2D eigenvalue weighted by molar-refractivity contribution is 0.0955. The molecule has 0 unspecified atom stereocenters. The summed E-state index contributed by atoms with van der Waals surface area (Å²) in [6.45, 7) is 0. The smallest absolute Gasteiger partial charge is 0.166 e. The van der Waals surface area contributed by atoms with Gasteiger partial charge in [-0.25, -0.2) is 4.39 Å². The van der Waals surface area contributed by atoms with Gasteiger partial charge in [-0.3, -0.25) is 4.79 Å². The summed E-state index contributed by atoms with van der Waals surface area (Å²) in [4.78, 5) is 11.9. The fourth-order valence-electron chi connectivity index (χ4n) is 2.01. The fourth-order valence-corrected chi connectivity index (χ4v) is 3.21. The van der Waals surface area contributed by atoms with Crippen LogP contribution >= 0.6 is 11.8 Å². The second kappa shape index (κ2) is 5.48. The van der Waals surface area contributed by atoms with E-state index < -0.39 is 5.82 Å². The minimum Gasteiger partial charge on any atom is -0.294 e. The molecule has 0 aliphatic carbocycles. The maximum atomic E-state index is 13.4. The Labute approximate surface area is 99.4 Å². The lowest BCUT2D eigenvalue weighted by Crippen LogP contribution is -2.15. The summed E-state index contributed by atoms with van der Waals surface area (Å²) >= 11 is 1.94. The summed E-state index contributed by atoms with van der Waals surface area (Å²) in [7, 11) is 0. The maximum Gasteiger partial charge on any atom is 0.166 e. The molecule has 0 aromatic heterocycles. The minimum atomic E-state index is -0.391. The molecule has 1 aliphatic rings. The zero-order chi connectivity index (χ0) is 11.4. The van der Waals surface area contributed by atoms with E-state index >= 15 is 0 Å². The Morgan fingerprint density at radius 1 is 1.31 bits per heavy atom. The van der Waals surface area contributed by atoms with Gasteiger partial charge in [-0.05, 0) is 42.4 Å². The third-order valence-corrected chi connectivity index (χ3v) is 4.04. The van der Waals surface area contributed by atoms with Crippen molar-refractivity contribution in [1.29, 1.82) is 0 Å². The monoisotopic (exact) mass is 238 g/mol. The van der Waals surface area contributed by atoms with Crippen LogP contribution in [0.2, 0.25) is 0 Å². The van der Waals surface area contributed by atoms with E-state index in [4.69, 9.17) is 0 Å². The summed E-state index contributed by atoms with van der Waals surface area (Å²) in [5, 5.41) is 0. The summed E-state index contributed by atoms with van der Waals surface area (Å²) in [6.07, 6.45) is 2.68. The predicted octanol–water partition coefficient (Wildman–Crippen LogP) is 3.54. The molecule has 0 N–H and O–H groups in total. The lowest BCUT2D eigenvalue weighted by atomic mass is 9.93. The Hall–Kier alpha value is -0.830. The normalized spacial score (nSPS) is 17.3. The number of Topliss-reactive ketones (excluding diaryl/α,β-unsaturated/α-hetero) is 1. The Balaban J connectivity index is 2.00. The highest BCUT2D eigenvalue weighted by Gasteiger charge is 2.19. The second-order valence-corrected chi connectivity index (χ2v) is 5.39. The van der Waals surface area contributed by atoms with Crippen LogP contribution in [0.1, 0.15) is 29.6 Å². The summed E-state index contributed by atoms with van der Waals surface area (Å²) in [6, 6.07) is 6.26. The first kappa shape index (κ1) is 11.6. The van der Waals surface area contributed by atoms with Gasteiger partial charge in [0.2, 0.25) is 0 Å². The fraction of sp³-hybridized carbons (Fsp3) is 0.462. The van der Waals surface area contributed by atoms with Crippen molar-refractivity contribution in [2.75, 3.05) is 11.5 Å². The first-order chi connectivity index (χ1) is 7.77. The van der Waals surface area contributed by atoms with E-state index in [9.17, 15) is 9.18 Å². The molecule has 1 saturated heterocycles. The SMILES string of the molecule is O=C(CC1CCSCC1)c1ccccc1F. The molecule has 86 valence electrons. The molecular weight excluding hydrogens is 223 g/mol. The van der Waals surface area contributed by atoms with Gasteiger partial charge >= 0.3 is 0 Å². The van der Waals surface area contributed by atoms with Crippen LogP contribution < -0.4 is 0 Å². The molecule has 2 rings (SSSR count). The minimum absolute atomic E-state index is 0.0463. The van der Waals surface area contributed by atoms with Gasteiger partial charge in [-0.2, -0.15) is 11.8 Å². The van der Waals surface area contributed by atoms with Crippen LogP contribution in [0.15, 0.2) is 24.3 Å². The van der Waals surface area contributed by atoms with Gasteiger partial charge in [-0.15, -0.1) is 0 Å². The van der Waals surface area contributed by atoms with Gasteiger partial charge in [0.25, 0.3) is 0 Å². The van der Waals surface area contributed by atoms with Crippen LogP contribution in [0.4, 0.5) is 4.39 Å². The molecule has 16 heavy (non-hydrogen) atoms. The van der Waals surface area contributed by atoms with E-state index in [0.717, 1.165) is 24.3 Å². The summed E-state index contributed by atoms with van der Waals surface area (Å²) in [5.41, 5.74) is 0.251. The van der Waals surface area contributed by atoms with Crippen LogP contribution in [0.3, 0.4) is 0 Å². The average molecular weight is 238 g/mol. The highest BCUT2D eigenvalue weighted by atomic mass is 32.2. The van der Waals surface area contributed by atoms with Crippen molar-refractivity contribution in [2.45, 2.75) is 19.3 Å². The second-order valence-electron chi connectivity index (χ2n) is 4.16. The largest absolute Gasteiger partial charge is 0.294 e. The number of rotatable bonds is 3. The van der Waals surface area contributed by atoms with Crippen LogP contribution in [-0.2, 0) is 0 Å². The molecule has 1 fully saturated rings. The Morgan fingerprint density at radius 2 is 2.00 bits per heavy atom. The number of halogens is 1. The molecule has 0 radical (unpaired) electrons. The molecule has 1 aliphatic heterocycles. The highest BCUT2D eigenvalue weighted by Crippen LogP contribution is 2.26. The first-order valence-electron chi connectivity index (χ1n) is 5.63. The van der Waals surface area contributed by atoms with Gasteiger partial charge in [-0.1, -0.05) is 12.1 Å². The van der Waals surface area contributed by atoms with Gasteiger partial charge in [0.1, 0.15) is 5.82 Å². The van der Waals surface area contributed by atoms with Gasteiger partial charge in [0.05, 0.1) is 5.56 Å². The third-order valence-electron chi connectivity index (χ3n) is 2.99. The molecule has 1 aromatic carbocycles. The van der Waals surface area contributed by atoms with Crippen LogP contribution in [0, 0.1) is 11.7 Å². The maximum absolute atomic E-state index is 13.4. The number of ketones is 1. The number of carbonyl (C=O) groups excluding carboxylic acids is 1. The standard InChI is InChI=1S/C13H15FOS/c14-12-4-2-1-3-11(12)13(15)9-10-5-7-16-8-6-10/h1-4,10H,5-9H2. The molecule has 0 amide bonds. The Bertz CT molecular complexity index is 372. The van der Waals surface area contributed by atoms with Crippen molar-refractivity contribution >= 4 is 17.5 Å². The van der Waals surface area contributed by atoms with Crippen molar-refractivity contribution in [3.8, 4) is 0 Å². The van der Waals surface area contributed by atoms with Gasteiger partial charge in [0, 0.05) is 6.42 Å². The lowest BCUT2D eigenvalue weighted by Gasteiger charge is -2.20. The number of benzene rings is 1. The van der Waals surface area contributed by atoms with E-state index in [1.807, 2.05) is 11.8 Å². The van der Waals surface area contributed by atoms with Crippen LogP contribution in [0.25, 0.3) is 0 Å². The number of hydrogen-bond donors (Lipinski definition) is 0. The Kier molecular flexibility index (Phi) is 3.99. The predicted molar refractivity (Wildman–Crippen MR) is 65.4 cm³/mol. The van der Waals surface area contributed by atoms with Crippen molar-refractivity contribution in [1.82, 2.24) is 0 Å². The number of thioether (sulfide) groups is 1. The zero-order valence-corrected chi connectivity index (χ0v) is 9.93. The summed E-state index contributed by atoms with van der Waals surface area (Å²) < 4.78 is 13.4. The number of hydrogen-bond acceptors (Lipinski definition) is 2. The molecule has 0 atom stereocenters. The van der Waals surface area contributed by atoms with Crippen molar-refractivity contribution in [3.05, 3.63) is 35.6 Å². The molecule has 0 spiro atoms. The van der Waals surface area contributed by atoms with E-state index in [-0.39, 0.29) is 11.3 Å². The van der Waals surface area contributed by atoms with E-state index in [1.165, 1.54) is 6.07 Å². The molecule has 0 bridgehead atoms. The Morgan fingerprint density at radius 3 is 2.69 bits per heavy atom. The highest BCUT2D eigenvalue weighted by molar-refractivity contribution is 7.99. The van der Waals surface area contributed by atoms with Crippen molar-refractivity contribution in [3.63, 3.8) is 0 Å². The molecular formula is C13H15FOS. The van der Waals surface area contributed by atoms with E-state index in [2.05, 4.69) is 0 Å². The van der Waals surface area contributed by atoms with Gasteiger partial charge in [0.15, 0.2) is 5.78 Å². The zero-order valence-electron chi connectivity index (χ0n) is 9.12. The average Bonchev–Trinajstić information content (AvgIpc) is 2.31. The van der Waals surface area contributed by atoms with E-state index in [0.29, 0.717) is 12.3 Å². The molecule has 1 nitrogen and oxygen atoms in total. The van der Waals surface area contributed by atoms with Crippen molar-refractivity contribution in [2.24, 2.45) is 5.92 Å².